The number of aliphatic hydroxyl groups is 1. The molecule has 0 saturated heterocycles. The molecule has 0 atom stereocenters. The first-order valence-electron chi connectivity index (χ1n) is 1.51. The molecule has 5 heteroatoms. The quantitative estimate of drug-likeness (QED) is 0.377. The monoisotopic (exact) mass is 126 g/mol. The summed E-state index contributed by atoms with van der Waals surface area (Å²) in [4.78, 5) is 0. The molecule has 0 rings (SSSR count). The maximum absolute atomic E-state index is 9.85. The van der Waals surface area contributed by atoms with Crippen LogP contribution in [-0.2, 0) is 14.3 Å². The lowest BCUT2D eigenvalue weighted by Crippen LogP contribution is -2.02. The summed E-state index contributed by atoms with van der Waals surface area (Å²) >= 11 is 0. The third-order valence-electron chi connectivity index (χ3n) is 0.267. The number of hydrogen-bond acceptors (Lipinski definition) is 4. The lowest BCUT2D eigenvalue weighted by atomic mass is 11.6. The van der Waals surface area contributed by atoms with Crippen LogP contribution in [0.15, 0.2) is 0 Å². The first-order valence-corrected chi connectivity index (χ1v) is 3.33. The fraction of sp³-hybridized carbons (Fsp3) is 1.00. The molecule has 0 aromatic heterocycles. The Hall–Kier alpha value is -0.130. The average molecular weight is 126 g/mol. The SMILES string of the molecule is CS(=O)(=O)OCO. The van der Waals surface area contributed by atoms with Gasteiger partial charge in [0.15, 0.2) is 6.79 Å². The van der Waals surface area contributed by atoms with Gasteiger partial charge in [-0.25, -0.2) is 4.18 Å². The Morgan fingerprint density at radius 1 is 1.71 bits per heavy atom. The van der Waals surface area contributed by atoms with Gasteiger partial charge in [-0.1, -0.05) is 0 Å². The van der Waals surface area contributed by atoms with Crippen molar-refractivity contribution in [3.05, 3.63) is 0 Å². The summed E-state index contributed by atoms with van der Waals surface area (Å²) in [5.74, 6) is 0. The fourth-order valence-electron chi connectivity index (χ4n) is 0.0957. The van der Waals surface area contributed by atoms with Crippen LogP contribution in [0.2, 0.25) is 0 Å². The van der Waals surface area contributed by atoms with Gasteiger partial charge in [0.2, 0.25) is 0 Å². The maximum Gasteiger partial charge on any atom is 0.266 e. The van der Waals surface area contributed by atoms with Gasteiger partial charge in [-0.2, -0.15) is 8.42 Å². The van der Waals surface area contributed by atoms with Crippen molar-refractivity contribution in [1.82, 2.24) is 0 Å². The summed E-state index contributed by atoms with van der Waals surface area (Å²) in [6, 6.07) is 0. The molecule has 0 unspecified atom stereocenters. The fourth-order valence-corrected chi connectivity index (χ4v) is 0.287. The average Bonchev–Trinajstić information content (AvgIpc) is 1.30. The standard InChI is InChI=1S/C2H6O4S/c1-7(4,5)6-2-3/h3H,2H2,1H3. The molecule has 0 aromatic carbocycles. The lowest BCUT2D eigenvalue weighted by Gasteiger charge is -1.89. The van der Waals surface area contributed by atoms with Crippen molar-refractivity contribution in [3.63, 3.8) is 0 Å². The largest absolute Gasteiger partial charge is 0.369 e. The van der Waals surface area contributed by atoms with Gasteiger partial charge in [-0.3, -0.25) is 0 Å². The van der Waals surface area contributed by atoms with E-state index in [1.165, 1.54) is 0 Å². The molecule has 0 spiro atoms. The van der Waals surface area contributed by atoms with E-state index >= 15 is 0 Å². The van der Waals surface area contributed by atoms with E-state index in [0.29, 0.717) is 0 Å². The Labute approximate surface area is 41.8 Å². The van der Waals surface area contributed by atoms with Crippen LogP contribution in [0.1, 0.15) is 0 Å². The molecule has 0 aromatic rings. The van der Waals surface area contributed by atoms with Crippen molar-refractivity contribution in [2.45, 2.75) is 0 Å². The Balaban J connectivity index is 3.60. The van der Waals surface area contributed by atoms with Gasteiger partial charge in [0.05, 0.1) is 6.26 Å². The van der Waals surface area contributed by atoms with Crippen LogP contribution < -0.4 is 0 Å². The zero-order valence-electron chi connectivity index (χ0n) is 3.79. The van der Waals surface area contributed by atoms with Gasteiger partial charge in [-0.05, 0) is 0 Å². The van der Waals surface area contributed by atoms with E-state index in [1.54, 1.807) is 0 Å². The Kier molecular flexibility index (Phi) is 2.21. The van der Waals surface area contributed by atoms with Crippen LogP contribution in [0.25, 0.3) is 0 Å². The summed E-state index contributed by atoms with van der Waals surface area (Å²) in [6.07, 6.45) is 0.864. The first kappa shape index (κ1) is 6.87. The molecule has 44 valence electrons. The molecular weight excluding hydrogens is 120 g/mol. The van der Waals surface area contributed by atoms with Gasteiger partial charge >= 0.3 is 0 Å². The molecule has 0 heterocycles. The van der Waals surface area contributed by atoms with Gasteiger partial charge in [0, 0.05) is 0 Å². The molecule has 0 saturated carbocycles. The molecule has 0 aliphatic heterocycles. The summed E-state index contributed by atoms with van der Waals surface area (Å²) in [5.41, 5.74) is 0. The van der Waals surface area contributed by atoms with E-state index < -0.39 is 16.9 Å². The van der Waals surface area contributed by atoms with Crippen molar-refractivity contribution in [2.75, 3.05) is 13.0 Å². The van der Waals surface area contributed by atoms with Gasteiger partial charge in [0.1, 0.15) is 0 Å². The topological polar surface area (TPSA) is 63.6 Å². The minimum Gasteiger partial charge on any atom is -0.369 e. The van der Waals surface area contributed by atoms with Crippen molar-refractivity contribution < 1.29 is 17.7 Å². The van der Waals surface area contributed by atoms with Crippen molar-refractivity contribution >= 4 is 10.1 Å². The molecule has 0 aliphatic rings. The van der Waals surface area contributed by atoms with E-state index in [9.17, 15) is 8.42 Å². The predicted octanol–water partition coefficient (Wildman–Crippen LogP) is -1.09. The Morgan fingerprint density at radius 3 is 2.14 bits per heavy atom. The Morgan fingerprint density at radius 2 is 2.14 bits per heavy atom. The highest BCUT2D eigenvalue weighted by atomic mass is 32.2. The van der Waals surface area contributed by atoms with E-state index in [0.717, 1.165) is 6.26 Å². The number of rotatable bonds is 2. The molecule has 4 nitrogen and oxygen atoms in total. The minimum absolute atomic E-state index is 0.779. The van der Waals surface area contributed by atoms with Crippen LogP contribution in [0, 0.1) is 0 Å². The van der Waals surface area contributed by atoms with E-state index in [2.05, 4.69) is 4.18 Å². The van der Waals surface area contributed by atoms with E-state index in [-0.39, 0.29) is 0 Å². The van der Waals surface area contributed by atoms with Crippen LogP contribution in [-0.4, -0.2) is 26.6 Å². The van der Waals surface area contributed by atoms with Crippen LogP contribution in [0.4, 0.5) is 0 Å². The Bertz CT molecular complexity index is 123. The molecule has 0 fully saturated rings. The number of hydrogen-bond donors (Lipinski definition) is 1. The number of aliphatic hydroxyl groups excluding tert-OH is 1. The smallest absolute Gasteiger partial charge is 0.266 e. The van der Waals surface area contributed by atoms with Crippen molar-refractivity contribution in [2.24, 2.45) is 0 Å². The highest BCUT2D eigenvalue weighted by Crippen LogP contribution is 1.80. The summed E-state index contributed by atoms with van der Waals surface area (Å²) in [7, 11) is -3.42. The van der Waals surface area contributed by atoms with Crippen LogP contribution in [0.5, 0.6) is 0 Å². The minimum atomic E-state index is -3.42. The molecule has 7 heavy (non-hydrogen) atoms. The van der Waals surface area contributed by atoms with Crippen LogP contribution >= 0.6 is 0 Å². The third kappa shape index (κ3) is 5.87. The van der Waals surface area contributed by atoms with E-state index in [1.807, 2.05) is 0 Å². The zero-order valence-corrected chi connectivity index (χ0v) is 4.60. The zero-order chi connectivity index (χ0) is 5.91. The maximum atomic E-state index is 9.85. The lowest BCUT2D eigenvalue weighted by molar-refractivity contribution is 0.106. The normalized spacial score (nSPS) is 11.7. The highest BCUT2D eigenvalue weighted by molar-refractivity contribution is 7.85. The molecule has 1 N–H and O–H groups in total. The van der Waals surface area contributed by atoms with Crippen LogP contribution in [0.3, 0.4) is 0 Å². The van der Waals surface area contributed by atoms with Gasteiger partial charge < -0.3 is 5.11 Å². The third-order valence-corrected chi connectivity index (χ3v) is 0.800. The summed E-state index contributed by atoms with van der Waals surface area (Å²) < 4.78 is 23.5. The predicted molar refractivity (Wildman–Crippen MR) is 23.0 cm³/mol. The van der Waals surface area contributed by atoms with E-state index in [4.69, 9.17) is 5.11 Å². The molecule has 0 amide bonds. The molecule has 0 radical (unpaired) electrons. The van der Waals surface area contributed by atoms with Crippen molar-refractivity contribution in [1.29, 1.82) is 0 Å². The second kappa shape index (κ2) is 2.25. The second-order valence-electron chi connectivity index (χ2n) is 0.951. The highest BCUT2D eigenvalue weighted by Gasteiger charge is 1.95. The summed E-state index contributed by atoms with van der Waals surface area (Å²) in [5, 5.41) is 7.80. The van der Waals surface area contributed by atoms with Gasteiger partial charge in [0.25, 0.3) is 10.1 Å². The molecular formula is C2H6O4S. The van der Waals surface area contributed by atoms with Crippen molar-refractivity contribution in [3.8, 4) is 0 Å². The second-order valence-corrected chi connectivity index (χ2v) is 2.60. The first-order chi connectivity index (χ1) is 3.06. The van der Waals surface area contributed by atoms with Gasteiger partial charge in [-0.15, -0.1) is 0 Å². The molecule has 0 aliphatic carbocycles. The molecule has 0 bridgehead atoms. The summed E-state index contributed by atoms with van der Waals surface area (Å²) in [6.45, 7) is -0.779.